The van der Waals surface area contributed by atoms with Crippen molar-refractivity contribution >= 4 is 11.9 Å². The Hall–Kier alpha value is -2.48. The third kappa shape index (κ3) is 5.03. The highest BCUT2D eigenvalue weighted by Gasteiger charge is 2.91. The first kappa shape index (κ1) is 36.8. The van der Waals surface area contributed by atoms with Gasteiger partial charge in [-0.2, -0.15) is 0 Å². The van der Waals surface area contributed by atoms with Crippen molar-refractivity contribution in [1.82, 2.24) is 9.80 Å². The van der Waals surface area contributed by atoms with Crippen LogP contribution in [0, 0.1) is 58.2 Å². The van der Waals surface area contributed by atoms with Crippen LogP contribution in [0.1, 0.15) is 133 Å². The number of hydrogen-bond donors (Lipinski definition) is 1. The summed E-state index contributed by atoms with van der Waals surface area (Å²) in [5.41, 5.74) is 7.76. The lowest BCUT2D eigenvalue weighted by molar-refractivity contribution is -0.274. The molecule has 10 aliphatic heterocycles. The maximum atomic E-state index is 15.4. The number of fused-ring (bicyclic) bond motifs is 2. The van der Waals surface area contributed by atoms with Gasteiger partial charge in [-0.1, -0.05) is 70.4 Å². The van der Waals surface area contributed by atoms with Crippen molar-refractivity contribution in [3.05, 3.63) is 58.4 Å². The molecule has 14 rings (SSSR count). The van der Waals surface area contributed by atoms with Gasteiger partial charge in [0.15, 0.2) is 5.60 Å². The molecular formula is C48H67N3O4. The minimum atomic E-state index is -0.945. The summed E-state index contributed by atoms with van der Waals surface area (Å²) >= 11 is 0. The predicted molar refractivity (Wildman–Crippen MR) is 215 cm³/mol. The first-order valence-corrected chi connectivity index (χ1v) is 22.7. The Morgan fingerprint density at radius 1 is 0.982 bits per heavy atom. The molecule has 298 valence electrons. The smallest absolute Gasteiger partial charge is 0.339 e. The van der Waals surface area contributed by atoms with Gasteiger partial charge in [-0.05, 0) is 137 Å². The van der Waals surface area contributed by atoms with E-state index in [0.717, 1.165) is 85.7 Å². The van der Waals surface area contributed by atoms with Crippen LogP contribution in [0.5, 0.6) is 0 Å². The fourth-order valence-corrected chi connectivity index (χ4v) is 15.1. The highest BCUT2D eigenvalue weighted by molar-refractivity contribution is 5.99. The molecule has 0 amide bonds. The third-order valence-electron chi connectivity index (χ3n) is 17.4. The van der Waals surface area contributed by atoms with E-state index in [1.54, 1.807) is 0 Å². The molecule has 7 nitrogen and oxygen atoms in total. The molecule has 13 aliphatic rings. The summed E-state index contributed by atoms with van der Waals surface area (Å²) in [6.45, 7) is 16.1. The molecule has 10 heterocycles. The topological polar surface area (TPSA) is 85.1 Å². The van der Waals surface area contributed by atoms with Gasteiger partial charge in [0.2, 0.25) is 0 Å². The van der Waals surface area contributed by atoms with Crippen LogP contribution in [-0.4, -0.2) is 66.0 Å². The van der Waals surface area contributed by atoms with Gasteiger partial charge in [0, 0.05) is 49.2 Å². The molecule has 4 saturated heterocycles. The zero-order valence-corrected chi connectivity index (χ0v) is 34.4. The normalized spacial score (nSPS) is 45.3. The molecule has 3 aliphatic carbocycles. The van der Waals surface area contributed by atoms with Gasteiger partial charge in [0.25, 0.3) is 0 Å². The van der Waals surface area contributed by atoms with Crippen LogP contribution in [0.15, 0.2) is 41.7 Å². The summed E-state index contributed by atoms with van der Waals surface area (Å²) in [6.07, 6.45) is 18.7. The van der Waals surface area contributed by atoms with Gasteiger partial charge < -0.3 is 15.2 Å². The molecule has 4 unspecified atom stereocenters. The Labute approximate surface area is 330 Å². The lowest BCUT2D eigenvalue weighted by atomic mass is 9.31. The molecule has 2 spiro atoms. The highest BCUT2D eigenvalue weighted by Crippen LogP contribution is 2.85. The number of piperidine rings is 3. The van der Waals surface area contributed by atoms with Crippen molar-refractivity contribution in [2.24, 2.45) is 63.9 Å². The standard InChI is InChI=1S/C48H67N3O4/c1-28(2)11-12-30(4)21-41-46-24-35-17-18-47(46,48(41)38-10-6-8-33(9-7-19-49)43(38)44(52)55-48)42(54-45(46)53)23-34-14-16-39-36-22-32(26-51(39)31(34)5)25-50(27-36)40-15-13-29(3)20-37(35)40/h6,8,10,23-24,28-32,34,36-37,39-41H,7,9,11-22,25-27,49H2,1-5H3/t29-,30+,31+,32-,34-,36-,37?,39+,40?,41+,46+,47-,48-/m1/s1. The highest BCUT2D eigenvalue weighted by atomic mass is 16.6. The summed E-state index contributed by atoms with van der Waals surface area (Å²) in [4.78, 5) is 35.8. The van der Waals surface area contributed by atoms with E-state index in [4.69, 9.17) is 15.2 Å². The molecule has 0 aromatic heterocycles. The van der Waals surface area contributed by atoms with Crippen LogP contribution in [0.4, 0.5) is 0 Å². The summed E-state index contributed by atoms with van der Waals surface area (Å²) in [7, 11) is 0. The molecular weight excluding hydrogens is 683 g/mol. The van der Waals surface area contributed by atoms with E-state index >= 15 is 4.79 Å². The lowest BCUT2D eigenvalue weighted by Gasteiger charge is -2.69. The molecule has 0 radical (unpaired) electrons. The fraction of sp³-hybridized carbons (Fsp3) is 0.750. The van der Waals surface area contributed by atoms with Gasteiger partial charge >= 0.3 is 11.9 Å². The number of ether oxygens (including phenoxy) is 2. The summed E-state index contributed by atoms with van der Waals surface area (Å²) < 4.78 is 14.0. The molecule has 2 N–H and O–H groups in total. The number of rotatable bonds is 8. The number of esters is 2. The second kappa shape index (κ2) is 13.3. The van der Waals surface area contributed by atoms with Gasteiger partial charge in [0.1, 0.15) is 11.2 Å². The Kier molecular flexibility index (Phi) is 8.89. The molecule has 6 fully saturated rings. The maximum absolute atomic E-state index is 15.4. The summed E-state index contributed by atoms with van der Waals surface area (Å²) in [5.74, 6) is 4.19. The quantitative estimate of drug-likeness (QED) is 0.211. The monoisotopic (exact) mass is 750 g/mol. The first-order chi connectivity index (χ1) is 26.5. The average Bonchev–Trinajstić information content (AvgIpc) is 3.61. The largest absolute Gasteiger partial charge is 0.449 e. The van der Waals surface area contributed by atoms with Crippen LogP contribution in [0.25, 0.3) is 0 Å². The molecule has 10 bridgehead atoms. The minimum Gasteiger partial charge on any atom is -0.449 e. The minimum absolute atomic E-state index is 0.0812. The number of aryl methyl sites for hydroxylation is 1. The number of benzene rings is 1. The van der Waals surface area contributed by atoms with Crippen LogP contribution < -0.4 is 5.73 Å². The van der Waals surface area contributed by atoms with Crippen molar-refractivity contribution in [2.75, 3.05) is 26.2 Å². The van der Waals surface area contributed by atoms with Gasteiger partial charge in [-0.15, -0.1) is 0 Å². The van der Waals surface area contributed by atoms with Crippen molar-refractivity contribution in [3.8, 4) is 0 Å². The summed E-state index contributed by atoms with van der Waals surface area (Å²) in [5, 5.41) is 0. The number of nitrogens with zero attached hydrogens (tertiary/aromatic N) is 2. The lowest BCUT2D eigenvalue weighted by Crippen LogP contribution is -2.75. The number of hydrogen-bond acceptors (Lipinski definition) is 7. The molecule has 7 heteroatoms. The van der Waals surface area contributed by atoms with E-state index in [0.29, 0.717) is 48.3 Å². The Balaban J connectivity index is 1.20. The maximum Gasteiger partial charge on any atom is 0.339 e. The molecule has 55 heavy (non-hydrogen) atoms. The predicted octanol–water partition coefficient (Wildman–Crippen LogP) is 8.41. The summed E-state index contributed by atoms with van der Waals surface area (Å²) in [6, 6.07) is 7.95. The average molecular weight is 750 g/mol. The first-order valence-electron chi connectivity index (χ1n) is 22.7. The zero-order chi connectivity index (χ0) is 38.0. The van der Waals surface area contributed by atoms with Gasteiger partial charge in [0.05, 0.1) is 11.0 Å². The second-order valence-electron chi connectivity index (χ2n) is 20.8. The number of carbonyl (C=O) groups excluding carboxylic acids is 2. The van der Waals surface area contributed by atoms with E-state index < -0.39 is 16.4 Å². The van der Waals surface area contributed by atoms with Crippen molar-refractivity contribution in [2.45, 2.75) is 142 Å². The van der Waals surface area contributed by atoms with Gasteiger partial charge in [-0.25, -0.2) is 4.79 Å². The van der Waals surface area contributed by atoms with Crippen molar-refractivity contribution < 1.29 is 19.1 Å². The van der Waals surface area contributed by atoms with Gasteiger partial charge in [-0.3, -0.25) is 14.6 Å². The van der Waals surface area contributed by atoms with Crippen molar-refractivity contribution in [3.63, 3.8) is 0 Å². The van der Waals surface area contributed by atoms with Crippen LogP contribution in [0.2, 0.25) is 0 Å². The van der Waals surface area contributed by atoms with Crippen molar-refractivity contribution in [1.29, 1.82) is 0 Å². The third-order valence-corrected chi connectivity index (χ3v) is 17.4. The Bertz CT molecular complexity index is 1800. The molecule has 1 aromatic rings. The van der Waals surface area contributed by atoms with E-state index in [9.17, 15) is 4.79 Å². The fourth-order valence-electron chi connectivity index (χ4n) is 15.1. The molecule has 2 saturated carbocycles. The number of carbonyl (C=O) groups is 2. The van der Waals surface area contributed by atoms with Crippen LogP contribution in [-0.2, 0) is 26.3 Å². The van der Waals surface area contributed by atoms with E-state index in [1.165, 1.54) is 57.3 Å². The zero-order valence-electron chi connectivity index (χ0n) is 34.4. The van der Waals surface area contributed by atoms with Crippen LogP contribution in [0.3, 0.4) is 0 Å². The van der Waals surface area contributed by atoms with E-state index in [1.807, 2.05) is 0 Å². The Morgan fingerprint density at radius 2 is 1.82 bits per heavy atom. The van der Waals surface area contributed by atoms with Crippen LogP contribution >= 0.6 is 0 Å². The van der Waals surface area contributed by atoms with E-state index in [2.05, 4.69) is 74.8 Å². The molecule has 15 atom stereocenters. The molecule has 1 aromatic carbocycles. The Morgan fingerprint density at radius 3 is 2.64 bits per heavy atom. The SMILES string of the molecule is CC(C)CC[C@H](C)C[C@@H]1[C@@]2(OC(=O)c3c(CCCN)cccc32)[C@@]23CCC4=C[C@@]12C(=O)OC3=C[C@H]1CC[C@H]2[C@@H]3C[C@H](CN(C3)C3CC[C@@H](C)CC43)CN2[C@H]1C. The van der Waals surface area contributed by atoms with E-state index in [-0.39, 0.29) is 23.8 Å². The number of nitrogens with two attached hydrogens (primary N) is 1. The second-order valence-corrected chi connectivity index (χ2v) is 20.8.